The number of hydrogen-bond acceptors (Lipinski definition) is 2. The average molecular weight is 408 g/mol. The van der Waals surface area contributed by atoms with E-state index in [0.717, 1.165) is 12.1 Å². The monoisotopic (exact) mass is 408 g/mol. The molecule has 0 saturated heterocycles. The molecule has 0 radical (unpaired) electrons. The molecule has 0 bridgehead atoms. The molecule has 0 aliphatic rings. The Balaban J connectivity index is 2.11. The van der Waals surface area contributed by atoms with Gasteiger partial charge in [0.2, 0.25) is 5.82 Å². The maximum atomic E-state index is 14.8. The molecule has 0 saturated carbocycles. The highest BCUT2D eigenvalue weighted by molar-refractivity contribution is 5.91. The maximum absolute atomic E-state index is 14.8. The third kappa shape index (κ3) is 3.90. The molecule has 0 aromatic heterocycles. The van der Waals surface area contributed by atoms with Gasteiger partial charge in [0.1, 0.15) is 11.6 Å². The number of rotatable bonds is 6. The van der Waals surface area contributed by atoms with Gasteiger partial charge in [-0.15, -0.1) is 0 Å². The van der Waals surface area contributed by atoms with Gasteiger partial charge in [0.15, 0.2) is 23.2 Å². The van der Waals surface area contributed by atoms with E-state index in [2.05, 4.69) is 0 Å². The summed E-state index contributed by atoms with van der Waals surface area (Å²) in [5.41, 5.74) is -0.963. The van der Waals surface area contributed by atoms with Gasteiger partial charge in [0.25, 0.3) is 0 Å². The van der Waals surface area contributed by atoms with Crippen LogP contribution in [0.3, 0.4) is 0 Å². The van der Waals surface area contributed by atoms with Gasteiger partial charge in [-0.25, -0.2) is 17.6 Å². The summed E-state index contributed by atoms with van der Waals surface area (Å²) in [6.45, 7) is 3.83. The minimum Gasteiger partial charge on any atom is -0.494 e. The predicted octanol–water partition coefficient (Wildman–Crippen LogP) is 6.82. The van der Waals surface area contributed by atoms with Crippen LogP contribution in [0.25, 0.3) is 22.4 Å². The Labute approximate surface area is 164 Å². The van der Waals surface area contributed by atoms with Crippen molar-refractivity contribution in [3.05, 3.63) is 71.0 Å². The van der Waals surface area contributed by atoms with Crippen molar-refractivity contribution in [3.63, 3.8) is 0 Å². The first-order chi connectivity index (χ1) is 13.9. The zero-order valence-corrected chi connectivity index (χ0v) is 15.7. The molecular weight excluding hydrogens is 391 g/mol. The smallest absolute Gasteiger partial charge is 0.201 e. The van der Waals surface area contributed by atoms with Crippen LogP contribution in [0.5, 0.6) is 11.5 Å². The topological polar surface area (TPSA) is 18.5 Å². The van der Waals surface area contributed by atoms with E-state index in [-0.39, 0.29) is 23.3 Å². The standard InChI is InChI=1S/C22H17F5O2/c1-3-28-14-8-5-12(6-9-14)18(23)20(25)15-10-7-13-11-16(29-4-2)21(26)22(27)17(13)19(15)24/h5-11H,3-4H2,1-2H3. The van der Waals surface area contributed by atoms with E-state index in [9.17, 15) is 22.0 Å². The summed E-state index contributed by atoms with van der Waals surface area (Å²) < 4.78 is 82.7. The Kier molecular flexibility index (Phi) is 6.06. The van der Waals surface area contributed by atoms with E-state index in [1.165, 1.54) is 30.3 Å². The Morgan fingerprint density at radius 3 is 2.03 bits per heavy atom. The van der Waals surface area contributed by atoms with Crippen molar-refractivity contribution in [1.82, 2.24) is 0 Å². The molecule has 152 valence electrons. The molecule has 0 aliphatic heterocycles. The molecule has 2 nitrogen and oxygen atoms in total. The van der Waals surface area contributed by atoms with Crippen LogP contribution in [-0.4, -0.2) is 13.2 Å². The highest BCUT2D eigenvalue weighted by Crippen LogP contribution is 2.36. The quantitative estimate of drug-likeness (QED) is 0.329. The predicted molar refractivity (Wildman–Crippen MR) is 102 cm³/mol. The fourth-order valence-electron chi connectivity index (χ4n) is 2.90. The molecular formula is C22H17F5O2. The molecule has 29 heavy (non-hydrogen) atoms. The third-order valence-electron chi connectivity index (χ3n) is 4.24. The number of ether oxygens (including phenoxy) is 2. The summed E-state index contributed by atoms with van der Waals surface area (Å²) in [7, 11) is 0. The minimum atomic E-state index is -1.53. The lowest BCUT2D eigenvalue weighted by atomic mass is 10.0. The van der Waals surface area contributed by atoms with E-state index in [0.29, 0.717) is 12.4 Å². The molecule has 0 fully saturated rings. The van der Waals surface area contributed by atoms with Crippen LogP contribution in [0.2, 0.25) is 0 Å². The lowest BCUT2D eigenvalue weighted by Gasteiger charge is -2.11. The van der Waals surface area contributed by atoms with Crippen LogP contribution >= 0.6 is 0 Å². The van der Waals surface area contributed by atoms with Gasteiger partial charge in [0, 0.05) is 11.1 Å². The Bertz CT molecular complexity index is 1070. The Hall–Kier alpha value is -3.09. The van der Waals surface area contributed by atoms with Crippen molar-refractivity contribution in [2.45, 2.75) is 13.8 Å². The van der Waals surface area contributed by atoms with Crippen molar-refractivity contribution in [2.24, 2.45) is 0 Å². The second kappa shape index (κ2) is 8.51. The summed E-state index contributed by atoms with van der Waals surface area (Å²) in [4.78, 5) is 0. The van der Waals surface area contributed by atoms with Gasteiger partial charge in [-0.1, -0.05) is 6.07 Å². The summed E-state index contributed by atoms with van der Waals surface area (Å²) in [5, 5.41) is -0.819. The molecule has 0 unspecified atom stereocenters. The van der Waals surface area contributed by atoms with Crippen molar-refractivity contribution < 1.29 is 31.4 Å². The van der Waals surface area contributed by atoms with E-state index in [1.54, 1.807) is 13.8 Å². The second-order valence-corrected chi connectivity index (χ2v) is 6.05. The third-order valence-corrected chi connectivity index (χ3v) is 4.24. The summed E-state index contributed by atoms with van der Waals surface area (Å²) in [6.07, 6.45) is 0. The van der Waals surface area contributed by atoms with Crippen LogP contribution in [0.15, 0.2) is 42.5 Å². The van der Waals surface area contributed by atoms with Crippen molar-refractivity contribution in [2.75, 3.05) is 13.2 Å². The largest absolute Gasteiger partial charge is 0.494 e. The number of halogens is 5. The molecule has 0 amide bonds. The lowest BCUT2D eigenvalue weighted by Crippen LogP contribution is -2.00. The molecule has 7 heteroatoms. The maximum Gasteiger partial charge on any atom is 0.201 e. The second-order valence-electron chi connectivity index (χ2n) is 6.05. The summed E-state index contributed by atoms with van der Waals surface area (Å²) in [5.74, 6) is -7.11. The number of benzene rings is 3. The van der Waals surface area contributed by atoms with E-state index >= 15 is 0 Å². The zero-order valence-electron chi connectivity index (χ0n) is 15.7. The van der Waals surface area contributed by atoms with Crippen LogP contribution < -0.4 is 9.47 Å². The summed E-state index contributed by atoms with van der Waals surface area (Å²) in [6, 6.07) is 8.66. The van der Waals surface area contributed by atoms with Gasteiger partial charge in [0.05, 0.1) is 18.6 Å². The number of hydrogen-bond donors (Lipinski definition) is 0. The van der Waals surface area contributed by atoms with Crippen LogP contribution in [-0.2, 0) is 0 Å². The average Bonchev–Trinajstić information content (AvgIpc) is 2.72. The van der Waals surface area contributed by atoms with Gasteiger partial charge < -0.3 is 9.47 Å². The Morgan fingerprint density at radius 1 is 0.759 bits per heavy atom. The van der Waals surface area contributed by atoms with Crippen LogP contribution in [0, 0.1) is 17.5 Å². The van der Waals surface area contributed by atoms with Crippen LogP contribution in [0.4, 0.5) is 22.0 Å². The van der Waals surface area contributed by atoms with E-state index < -0.39 is 40.1 Å². The Morgan fingerprint density at radius 2 is 1.41 bits per heavy atom. The first-order valence-electron chi connectivity index (χ1n) is 8.90. The van der Waals surface area contributed by atoms with Gasteiger partial charge in [-0.3, -0.25) is 0 Å². The molecule has 0 heterocycles. The first-order valence-corrected chi connectivity index (χ1v) is 8.90. The van der Waals surface area contributed by atoms with Crippen molar-refractivity contribution in [1.29, 1.82) is 0 Å². The molecule has 0 atom stereocenters. The number of fused-ring (bicyclic) bond motifs is 1. The molecule has 0 spiro atoms. The fraction of sp³-hybridized carbons (Fsp3) is 0.182. The first kappa shape index (κ1) is 20.6. The molecule has 3 aromatic carbocycles. The summed E-state index contributed by atoms with van der Waals surface area (Å²) >= 11 is 0. The lowest BCUT2D eigenvalue weighted by molar-refractivity contribution is 0.315. The van der Waals surface area contributed by atoms with Gasteiger partial charge in [-0.2, -0.15) is 4.39 Å². The highest BCUT2D eigenvalue weighted by atomic mass is 19.2. The minimum absolute atomic E-state index is 0.0390. The SMILES string of the molecule is CCOc1ccc(C(F)=C(F)c2ccc3cc(OCC)c(F)c(F)c3c2F)cc1. The molecule has 0 N–H and O–H groups in total. The fourth-order valence-corrected chi connectivity index (χ4v) is 2.90. The van der Waals surface area contributed by atoms with Gasteiger partial charge >= 0.3 is 0 Å². The highest BCUT2D eigenvalue weighted by Gasteiger charge is 2.23. The van der Waals surface area contributed by atoms with Crippen molar-refractivity contribution in [3.8, 4) is 11.5 Å². The van der Waals surface area contributed by atoms with Crippen LogP contribution in [0.1, 0.15) is 25.0 Å². The zero-order chi connectivity index (χ0) is 21.1. The molecule has 0 aliphatic carbocycles. The van der Waals surface area contributed by atoms with Gasteiger partial charge in [-0.05, 0) is 55.6 Å². The van der Waals surface area contributed by atoms with Crippen molar-refractivity contribution >= 4 is 22.4 Å². The molecule has 3 aromatic rings. The van der Waals surface area contributed by atoms with E-state index in [1.807, 2.05) is 0 Å². The molecule has 3 rings (SSSR count). The van der Waals surface area contributed by atoms with E-state index in [4.69, 9.17) is 9.47 Å². The normalized spacial score (nSPS) is 12.1.